The summed E-state index contributed by atoms with van der Waals surface area (Å²) in [5, 5.41) is 0. The molecule has 78 valence electrons. The minimum Gasteiger partial charge on any atom is -0.147 e. The molecule has 0 amide bonds. The molecule has 0 saturated carbocycles. The molecule has 0 N–H and O–H groups in total. The second-order valence-corrected chi connectivity index (χ2v) is 5.82. The van der Waals surface area contributed by atoms with E-state index in [0.717, 1.165) is 0 Å². The van der Waals surface area contributed by atoms with E-state index in [0.29, 0.717) is 0 Å². The fourth-order valence-corrected chi connectivity index (χ4v) is 3.48. The van der Waals surface area contributed by atoms with Crippen LogP contribution in [-0.4, -0.2) is 0 Å². The van der Waals surface area contributed by atoms with Gasteiger partial charge in [0.15, 0.2) is 0 Å². The third-order valence-corrected chi connectivity index (χ3v) is 4.45. The molecule has 0 atom stereocenters. The minimum absolute atomic E-state index is 0. The van der Waals surface area contributed by atoms with Crippen molar-refractivity contribution in [3.63, 3.8) is 0 Å². The van der Waals surface area contributed by atoms with E-state index in [1.807, 2.05) is 0 Å². The van der Waals surface area contributed by atoms with Crippen molar-refractivity contribution in [2.45, 2.75) is 17.6 Å². The topological polar surface area (TPSA) is 0 Å². The van der Waals surface area contributed by atoms with E-state index in [1.165, 1.54) is 23.1 Å². The Morgan fingerprint density at radius 3 is 2.60 bits per heavy atom. The second kappa shape index (κ2) is 7.06. The summed E-state index contributed by atoms with van der Waals surface area (Å²) in [4.78, 5) is 0. The predicted octanol–water partition coefficient (Wildman–Crippen LogP) is 4.00. The van der Waals surface area contributed by atoms with Crippen molar-refractivity contribution in [1.29, 1.82) is 0 Å². The van der Waals surface area contributed by atoms with Crippen molar-refractivity contribution >= 4 is 12.4 Å². The molecule has 0 unspecified atom stereocenters. The summed E-state index contributed by atoms with van der Waals surface area (Å²) in [6.45, 7) is 0. The van der Waals surface area contributed by atoms with Gasteiger partial charge in [-0.2, -0.15) is 0 Å². The number of benzene rings is 1. The van der Waals surface area contributed by atoms with Crippen LogP contribution in [0.3, 0.4) is 0 Å². The van der Waals surface area contributed by atoms with Crippen molar-refractivity contribution in [3.05, 3.63) is 58.0 Å². The first-order valence-electron chi connectivity index (χ1n) is 5.08. The minimum atomic E-state index is 0. The predicted molar refractivity (Wildman–Crippen MR) is 64.0 cm³/mol. The molecule has 2 rings (SSSR count). The molecule has 0 aliphatic heterocycles. The maximum absolute atomic E-state index is 2.31. The summed E-state index contributed by atoms with van der Waals surface area (Å²) in [5.41, 5.74) is 1.49. The average Bonchev–Trinajstić information content (AvgIpc) is 2.72. The molecule has 0 bridgehead atoms. The molecule has 1 aliphatic rings. The maximum atomic E-state index is 2.31. The van der Waals surface area contributed by atoms with Crippen LogP contribution in [0, 0.1) is 0 Å². The molecule has 0 nitrogen and oxygen atoms in total. The van der Waals surface area contributed by atoms with Crippen LogP contribution in [0.2, 0.25) is 4.73 Å². The Morgan fingerprint density at radius 2 is 1.93 bits per heavy atom. The standard InChI is InChI=1S/C8H9.C5H5.ClH.Ti/c1-2-8-6-4-3-5-7-8;1-2-4-5-3-1;;/h3-7H,1-2H2;1-3H,4H2;1H;. The van der Waals surface area contributed by atoms with Gasteiger partial charge in [0.05, 0.1) is 0 Å². The van der Waals surface area contributed by atoms with Gasteiger partial charge in [0.25, 0.3) is 0 Å². The van der Waals surface area contributed by atoms with E-state index in [1.54, 1.807) is 3.88 Å². The van der Waals surface area contributed by atoms with E-state index >= 15 is 0 Å². The fourth-order valence-electron chi connectivity index (χ4n) is 1.59. The molecule has 1 aromatic carbocycles. The van der Waals surface area contributed by atoms with Crippen LogP contribution in [-0.2, 0) is 25.6 Å². The Kier molecular flexibility index (Phi) is 6.01. The summed E-state index contributed by atoms with van der Waals surface area (Å²) in [6, 6.07) is 10.8. The smallest absolute Gasteiger partial charge is 0.147 e. The van der Waals surface area contributed by atoms with Gasteiger partial charge in [-0.1, -0.05) is 0 Å². The van der Waals surface area contributed by atoms with Crippen molar-refractivity contribution in [2.24, 2.45) is 0 Å². The molecule has 0 radical (unpaired) electrons. The summed E-state index contributed by atoms with van der Waals surface area (Å²) in [6.07, 6.45) is 9.26. The van der Waals surface area contributed by atoms with E-state index in [4.69, 9.17) is 0 Å². The third-order valence-electron chi connectivity index (χ3n) is 2.38. The van der Waals surface area contributed by atoms with Crippen molar-refractivity contribution in [1.82, 2.24) is 0 Å². The molecular formula is C13H15ClTi. The monoisotopic (exact) mass is 254 g/mol. The first-order chi connectivity index (χ1) is 6.95. The van der Waals surface area contributed by atoms with Crippen LogP contribution in [0.5, 0.6) is 0 Å². The van der Waals surface area contributed by atoms with Gasteiger partial charge in [0, 0.05) is 0 Å². The first kappa shape index (κ1) is 12.8. The van der Waals surface area contributed by atoms with E-state index < -0.39 is 0 Å². The van der Waals surface area contributed by atoms with Gasteiger partial charge in [-0.3, -0.25) is 0 Å². The number of allylic oxidation sites excluding steroid dienone is 4. The largest absolute Gasteiger partial charge is 0.147 e. The van der Waals surface area contributed by atoms with Crippen LogP contribution >= 0.6 is 12.4 Å². The van der Waals surface area contributed by atoms with Gasteiger partial charge >= 0.3 is 94.7 Å². The quantitative estimate of drug-likeness (QED) is 0.713. The molecule has 1 aliphatic carbocycles. The number of hydrogen-bond donors (Lipinski definition) is 0. The maximum Gasteiger partial charge on any atom is -0.147 e. The van der Waals surface area contributed by atoms with Crippen molar-refractivity contribution in [3.8, 4) is 0 Å². The summed E-state index contributed by atoms with van der Waals surface area (Å²) in [7, 11) is 0. The van der Waals surface area contributed by atoms with Gasteiger partial charge in [-0.25, -0.2) is 0 Å². The summed E-state index contributed by atoms with van der Waals surface area (Å²) in [5.74, 6) is 0. The zero-order valence-corrected chi connectivity index (χ0v) is 11.0. The van der Waals surface area contributed by atoms with Crippen LogP contribution in [0.25, 0.3) is 0 Å². The molecule has 15 heavy (non-hydrogen) atoms. The molecule has 0 spiro atoms. The SMILES string of the molecule is C1=CC[C]([Ti][CH2]Cc2ccccc2)=C1.Cl. The molecule has 0 aromatic heterocycles. The van der Waals surface area contributed by atoms with E-state index in [2.05, 4.69) is 48.6 Å². The molecule has 0 heterocycles. The molecule has 1 aromatic rings. The van der Waals surface area contributed by atoms with Gasteiger partial charge in [-0.05, 0) is 0 Å². The summed E-state index contributed by atoms with van der Waals surface area (Å²) < 4.78 is 3.11. The van der Waals surface area contributed by atoms with Crippen LogP contribution in [0.15, 0.2) is 52.4 Å². The number of aryl methyl sites for hydroxylation is 1. The average molecular weight is 255 g/mol. The Bertz CT molecular complexity index is 341. The Balaban J connectivity index is 0.00000112. The van der Waals surface area contributed by atoms with Crippen molar-refractivity contribution in [2.75, 3.05) is 0 Å². The normalized spacial score (nSPS) is 13.2. The number of rotatable bonds is 4. The molecular weight excluding hydrogens is 239 g/mol. The number of halogens is 1. The third kappa shape index (κ3) is 4.38. The van der Waals surface area contributed by atoms with E-state index in [9.17, 15) is 0 Å². The van der Waals surface area contributed by atoms with Crippen molar-refractivity contribution < 1.29 is 19.2 Å². The summed E-state index contributed by atoms with van der Waals surface area (Å²) >= 11 is 0.163. The number of hydrogen-bond acceptors (Lipinski definition) is 0. The van der Waals surface area contributed by atoms with Gasteiger partial charge < -0.3 is 0 Å². The fraction of sp³-hybridized carbons (Fsp3) is 0.231. The van der Waals surface area contributed by atoms with Gasteiger partial charge in [0.1, 0.15) is 0 Å². The zero-order valence-electron chi connectivity index (χ0n) is 8.65. The van der Waals surface area contributed by atoms with Crippen LogP contribution < -0.4 is 0 Å². The molecule has 0 fully saturated rings. The van der Waals surface area contributed by atoms with Crippen LogP contribution in [0.1, 0.15) is 12.0 Å². The molecule has 0 saturated heterocycles. The second-order valence-electron chi connectivity index (χ2n) is 3.49. The Morgan fingerprint density at radius 1 is 1.13 bits per heavy atom. The van der Waals surface area contributed by atoms with E-state index in [-0.39, 0.29) is 31.6 Å². The molecule has 2 heteroatoms. The first-order valence-corrected chi connectivity index (χ1v) is 6.97. The zero-order chi connectivity index (χ0) is 9.64. The van der Waals surface area contributed by atoms with Crippen LogP contribution in [0.4, 0.5) is 0 Å². The van der Waals surface area contributed by atoms with Gasteiger partial charge in [0.2, 0.25) is 0 Å². The van der Waals surface area contributed by atoms with Gasteiger partial charge in [-0.15, -0.1) is 12.4 Å². The Labute approximate surface area is 107 Å². The Hall–Kier alpha value is -0.296.